The summed E-state index contributed by atoms with van der Waals surface area (Å²) >= 11 is 14.6. The van der Waals surface area contributed by atoms with Crippen molar-refractivity contribution >= 4 is 54.8 Å². The van der Waals surface area contributed by atoms with Gasteiger partial charge in [-0.2, -0.15) is 0 Å². The molecule has 0 aliphatic rings. The first-order valence-electron chi connectivity index (χ1n) is 5.43. The van der Waals surface area contributed by atoms with Crippen LogP contribution in [-0.2, 0) is 6.42 Å². The number of aromatic nitrogens is 2. The quantitative estimate of drug-likeness (QED) is 0.617. The average Bonchev–Trinajstić information content (AvgIpc) is 2.70. The fraction of sp³-hybridized carbons (Fsp3) is 0.333. The van der Waals surface area contributed by atoms with Crippen LogP contribution in [0.5, 0.6) is 0 Å². The molecule has 0 radical (unpaired) electrons. The molecule has 0 aliphatic carbocycles. The van der Waals surface area contributed by atoms with E-state index in [1.54, 1.807) is 11.3 Å². The second-order valence-corrected chi connectivity index (χ2v) is 7.30. The average molecular weight is 411 g/mol. The molecule has 0 unspecified atom stereocenters. The molecule has 0 saturated carbocycles. The molecule has 0 atom stereocenters. The van der Waals surface area contributed by atoms with Gasteiger partial charge in [-0.3, -0.25) is 0 Å². The van der Waals surface area contributed by atoms with Gasteiger partial charge in [0.05, 0.1) is 15.0 Å². The predicted molar refractivity (Wildman–Crippen MR) is 84.3 cm³/mol. The first-order chi connectivity index (χ1) is 8.47. The smallest absolute Gasteiger partial charge is 0.171 e. The third kappa shape index (κ3) is 3.32. The molecular weight excluding hydrogens is 399 g/mol. The Balaban J connectivity index is 2.46. The normalized spacial score (nSPS) is 11.2. The Labute approximate surface area is 132 Å². The molecule has 2 aromatic heterocycles. The molecule has 0 bridgehead atoms. The molecule has 0 aromatic carbocycles. The van der Waals surface area contributed by atoms with E-state index < -0.39 is 0 Å². The SMILES string of the molecule is CC(C)Cc1nc(-c2cc(Br)cs2)nc(Cl)c1Br. The van der Waals surface area contributed by atoms with Gasteiger partial charge in [0.2, 0.25) is 0 Å². The molecule has 0 saturated heterocycles. The van der Waals surface area contributed by atoms with Gasteiger partial charge < -0.3 is 0 Å². The summed E-state index contributed by atoms with van der Waals surface area (Å²) in [6, 6.07) is 2.00. The number of halogens is 3. The zero-order chi connectivity index (χ0) is 13.3. The van der Waals surface area contributed by atoms with Crippen molar-refractivity contribution in [2.75, 3.05) is 0 Å². The highest BCUT2D eigenvalue weighted by Gasteiger charge is 2.14. The van der Waals surface area contributed by atoms with Crippen LogP contribution in [0.3, 0.4) is 0 Å². The number of thiophene rings is 1. The summed E-state index contributed by atoms with van der Waals surface area (Å²) in [5.74, 6) is 1.21. The molecule has 0 N–H and O–H groups in total. The van der Waals surface area contributed by atoms with E-state index in [9.17, 15) is 0 Å². The minimum absolute atomic E-state index is 0.472. The molecule has 0 aliphatic heterocycles. The van der Waals surface area contributed by atoms with E-state index >= 15 is 0 Å². The van der Waals surface area contributed by atoms with E-state index in [0.717, 1.165) is 25.9 Å². The van der Waals surface area contributed by atoms with Crippen molar-refractivity contribution in [3.8, 4) is 10.7 Å². The van der Waals surface area contributed by atoms with Crippen LogP contribution in [0.15, 0.2) is 20.4 Å². The molecule has 2 rings (SSSR count). The van der Waals surface area contributed by atoms with E-state index in [4.69, 9.17) is 11.6 Å². The molecule has 2 aromatic rings. The van der Waals surface area contributed by atoms with E-state index in [1.807, 2.05) is 11.4 Å². The number of hydrogen-bond donors (Lipinski definition) is 0. The van der Waals surface area contributed by atoms with Crippen LogP contribution in [0.4, 0.5) is 0 Å². The highest BCUT2D eigenvalue weighted by Crippen LogP contribution is 2.32. The summed E-state index contributed by atoms with van der Waals surface area (Å²) in [5.41, 5.74) is 0.963. The fourth-order valence-electron chi connectivity index (χ4n) is 1.53. The van der Waals surface area contributed by atoms with E-state index in [-0.39, 0.29) is 0 Å². The zero-order valence-electron chi connectivity index (χ0n) is 9.88. The maximum atomic E-state index is 6.15. The summed E-state index contributed by atoms with van der Waals surface area (Å²) in [4.78, 5) is 9.94. The van der Waals surface area contributed by atoms with Gasteiger partial charge in [-0.15, -0.1) is 11.3 Å². The second-order valence-electron chi connectivity index (χ2n) is 4.33. The Kier molecular flexibility index (Phi) is 4.80. The highest BCUT2D eigenvalue weighted by molar-refractivity contribution is 9.10. The van der Waals surface area contributed by atoms with Crippen molar-refractivity contribution in [1.82, 2.24) is 9.97 Å². The monoisotopic (exact) mass is 408 g/mol. The van der Waals surface area contributed by atoms with Crippen molar-refractivity contribution < 1.29 is 0 Å². The van der Waals surface area contributed by atoms with Crippen molar-refractivity contribution in [2.24, 2.45) is 5.92 Å². The maximum Gasteiger partial charge on any atom is 0.171 e. The van der Waals surface area contributed by atoms with Gasteiger partial charge in [-0.1, -0.05) is 25.4 Å². The van der Waals surface area contributed by atoms with Crippen molar-refractivity contribution in [3.63, 3.8) is 0 Å². The van der Waals surface area contributed by atoms with Gasteiger partial charge in [0.25, 0.3) is 0 Å². The standard InChI is InChI=1S/C12H11Br2ClN2S/c1-6(2)3-8-10(14)11(15)17-12(16-8)9-4-7(13)5-18-9/h4-6H,3H2,1-2H3. The van der Waals surface area contributed by atoms with Crippen LogP contribution in [0.1, 0.15) is 19.5 Å². The second kappa shape index (κ2) is 5.99. The Hall–Kier alpha value is 0.0300. The van der Waals surface area contributed by atoms with Crippen LogP contribution in [0, 0.1) is 5.92 Å². The van der Waals surface area contributed by atoms with Crippen molar-refractivity contribution in [2.45, 2.75) is 20.3 Å². The molecule has 0 fully saturated rings. The van der Waals surface area contributed by atoms with Crippen LogP contribution >= 0.6 is 54.8 Å². The predicted octanol–water partition coefficient (Wildman–Crippen LogP) is 5.58. The van der Waals surface area contributed by atoms with Gasteiger partial charge in [0.1, 0.15) is 5.15 Å². The zero-order valence-corrected chi connectivity index (χ0v) is 14.6. The van der Waals surface area contributed by atoms with Crippen LogP contribution in [0.2, 0.25) is 5.15 Å². The number of nitrogens with zero attached hydrogens (tertiary/aromatic N) is 2. The van der Waals surface area contributed by atoms with Gasteiger partial charge in [0.15, 0.2) is 5.82 Å². The lowest BCUT2D eigenvalue weighted by atomic mass is 10.1. The van der Waals surface area contributed by atoms with Crippen LogP contribution in [-0.4, -0.2) is 9.97 Å². The third-order valence-corrected chi connectivity index (χ3v) is 5.29. The van der Waals surface area contributed by atoms with Crippen molar-refractivity contribution in [3.05, 3.63) is 31.2 Å². The number of hydrogen-bond acceptors (Lipinski definition) is 3. The lowest BCUT2D eigenvalue weighted by Gasteiger charge is -2.09. The molecule has 0 amide bonds. The summed E-state index contributed by atoms with van der Waals surface area (Å²) < 4.78 is 1.84. The molecular formula is C12H11Br2ClN2S. The summed E-state index contributed by atoms with van der Waals surface area (Å²) in [6.07, 6.45) is 0.877. The molecule has 96 valence electrons. The molecule has 6 heteroatoms. The lowest BCUT2D eigenvalue weighted by molar-refractivity contribution is 0.632. The topological polar surface area (TPSA) is 25.8 Å². The summed E-state index contributed by atoms with van der Waals surface area (Å²) in [7, 11) is 0. The van der Waals surface area contributed by atoms with E-state index in [0.29, 0.717) is 16.9 Å². The maximum absolute atomic E-state index is 6.15. The lowest BCUT2D eigenvalue weighted by Crippen LogP contribution is -2.02. The van der Waals surface area contributed by atoms with Gasteiger partial charge in [-0.05, 0) is 50.3 Å². The Morgan fingerprint density at radius 3 is 2.61 bits per heavy atom. The fourth-order valence-corrected chi connectivity index (χ4v) is 3.41. The van der Waals surface area contributed by atoms with Crippen LogP contribution < -0.4 is 0 Å². The summed E-state index contributed by atoms with van der Waals surface area (Å²) in [5, 5.41) is 2.48. The molecule has 0 spiro atoms. The Morgan fingerprint density at radius 1 is 1.33 bits per heavy atom. The van der Waals surface area contributed by atoms with Gasteiger partial charge >= 0.3 is 0 Å². The first-order valence-corrected chi connectivity index (χ1v) is 8.28. The van der Waals surface area contributed by atoms with Gasteiger partial charge in [-0.25, -0.2) is 9.97 Å². The van der Waals surface area contributed by atoms with E-state index in [2.05, 4.69) is 55.7 Å². The molecule has 2 heterocycles. The van der Waals surface area contributed by atoms with E-state index in [1.165, 1.54) is 0 Å². The highest BCUT2D eigenvalue weighted by atomic mass is 79.9. The van der Waals surface area contributed by atoms with Crippen LogP contribution in [0.25, 0.3) is 10.7 Å². The number of rotatable bonds is 3. The Morgan fingerprint density at radius 2 is 2.06 bits per heavy atom. The van der Waals surface area contributed by atoms with Gasteiger partial charge in [0, 0.05) is 9.85 Å². The minimum Gasteiger partial charge on any atom is -0.231 e. The van der Waals surface area contributed by atoms with Crippen molar-refractivity contribution in [1.29, 1.82) is 0 Å². The minimum atomic E-state index is 0.472. The molecule has 2 nitrogen and oxygen atoms in total. The third-order valence-electron chi connectivity index (χ3n) is 2.27. The Bertz CT molecular complexity index is 569. The largest absolute Gasteiger partial charge is 0.231 e. The first kappa shape index (κ1) is 14.4. The summed E-state index contributed by atoms with van der Waals surface area (Å²) in [6.45, 7) is 4.31. The molecule has 18 heavy (non-hydrogen) atoms.